The lowest BCUT2D eigenvalue weighted by Crippen LogP contribution is -2.38. The molecule has 8 nitrogen and oxygen atoms in total. The molecular weight excluding hydrogens is 448 g/mol. The van der Waals surface area contributed by atoms with Crippen LogP contribution in [0.4, 0.5) is 0 Å². The average molecular weight is 483 g/mol. The standard InChI is InChI=1S/C27H34N2O6/c1-6-28(7-2)13-14-29-24(18-10-11-20(30)22(16-18)35-8-3)23(26(32)27(29)33)25(31)19-15-17(4)9-12-21(19)34-5/h9-12,15-16,24,30-31H,6-8,13-14H2,1-5H3/b25-23+. The predicted octanol–water partition coefficient (Wildman–Crippen LogP) is 3.87. The van der Waals surface area contributed by atoms with Gasteiger partial charge in [0.2, 0.25) is 0 Å². The molecule has 2 N–H and O–H groups in total. The summed E-state index contributed by atoms with van der Waals surface area (Å²) in [6.07, 6.45) is 0. The number of Topliss-reactive ketones (excluding diaryl/α,β-unsaturated/α-hetero) is 1. The number of phenolic OH excluding ortho intramolecular Hbond substituents is 1. The van der Waals surface area contributed by atoms with Crippen molar-refractivity contribution in [1.82, 2.24) is 9.80 Å². The van der Waals surface area contributed by atoms with E-state index in [0.29, 0.717) is 36.6 Å². The third kappa shape index (κ3) is 5.27. The van der Waals surface area contributed by atoms with Gasteiger partial charge in [0, 0.05) is 13.1 Å². The molecular formula is C27H34N2O6. The monoisotopic (exact) mass is 482 g/mol. The highest BCUT2D eigenvalue weighted by molar-refractivity contribution is 6.46. The first-order chi connectivity index (χ1) is 16.8. The highest BCUT2D eigenvalue weighted by Gasteiger charge is 2.46. The summed E-state index contributed by atoms with van der Waals surface area (Å²) in [6, 6.07) is 9.14. The number of methoxy groups -OCH3 is 1. The first-order valence-corrected chi connectivity index (χ1v) is 11.9. The van der Waals surface area contributed by atoms with Gasteiger partial charge in [-0.05, 0) is 56.8 Å². The van der Waals surface area contributed by atoms with Gasteiger partial charge in [-0.2, -0.15) is 0 Å². The fourth-order valence-corrected chi connectivity index (χ4v) is 4.37. The minimum absolute atomic E-state index is 0.0217. The number of carbonyl (C=O) groups excluding carboxylic acids is 2. The van der Waals surface area contributed by atoms with Crippen molar-refractivity contribution < 1.29 is 29.3 Å². The Labute approximate surface area is 206 Å². The normalized spacial score (nSPS) is 17.3. The lowest BCUT2D eigenvalue weighted by molar-refractivity contribution is -0.140. The molecule has 2 aromatic rings. The number of ether oxygens (including phenoxy) is 2. The summed E-state index contributed by atoms with van der Waals surface area (Å²) < 4.78 is 11.0. The highest BCUT2D eigenvalue weighted by Crippen LogP contribution is 2.43. The van der Waals surface area contributed by atoms with E-state index in [1.54, 1.807) is 31.2 Å². The van der Waals surface area contributed by atoms with Crippen LogP contribution in [0, 0.1) is 6.92 Å². The zero-order chi connectivity index (χ0) is 25.7. The number of likely N-dealkylation sites (N-methyl/N-ethyl adjacent to an activating group) is 1. The summed E-state index contributed by atoms with van der Waals surface area (Å²) >= 11 is 0. The number of rotatable bonds is 10. The fourth-order valence-electron chi connectivity index (χ4n) is 4.37. The zero-order valence-corrected chi connectivity index (χ0v) is 21.0. The number of aliphatic hydroxyl groups excluding tert-OH is 1. The number of ketones is 1. The lowest BCUT2D eigenvalue weighted by Gasteiger charge is -2.28. The van der Waals surface area contributed by atoms with E-state index in [1.807, 2.05) is 26.8 Å². The minimum Gasteiger partial charge on any atom is -0.507 e. The Kier molecular flexibility index (Phi) is 8.40. The molecule has 1 amide bonds. The van der Waals surface area contributed by atoms with Crippen LogP contribution in [0.25, 0.3) is 5.76 Å². The van der Waals surface area contributed by atoms with E-state index in [4.69, 9.17) is 9.47 Å². The number of aromatic hydroxyl groups is 1. The van der Waals surface area contributed by atoms with Crippen molar-refractivity contribution in [3.8, 4) is 17.2 Å². The second-order valence-electron chi connectivity index (χ2n) is 8.38. The van der Waals surface area contributed by atoms with Crippen molar-refractivity contribution in [3.63, 3.8) is 0 Å². The maximum atomic E-state index is 13.3. The molecule has 1 aliphatic heterocycles. The van der Waals surface area contributed by atoms with Gasteiger partial charge in [-0.1, -0.05) is 31.5 Å². The van der Waals surface area contributed by atoms with Crippen molar-refractivity contribution in [2.24, 2.45) is 0 Å². The summed E-state index contributed by atoms with van der Waals surface area (Å²) in [4.78, 5) is 30.2. The van der Waals surface area contributed by atoms with Crippen LogP contribution >= 0.6 is 0 Å². The SMILES string of the molecule is CCOc1cc(C2/C(=C(\O)c3cc(C)ccc3OC)C(=O)C(=O)N2CCN(CC)CC)ccc1O. The molecule has 1 heterocycles. The summed E-state index contributed by atoms with van der Waals surface area (Å²) in [6.45, 7) is 10.5. The van der Waals surface area contributed by atoms with Crippen molar-refractivity contribution in [2.75, 3.05) is 39.9 Å². The molecule has 0 saturated carbocycles. The van der Waals surface area contributed by atoms with Crippen LogP contribution in [0.3, 0.4) is 0 Å². The van der Waals surface area contributed by atoms with E-state index in [0.717, 1.165) is 18.7 Å². The van der Waals surface area contributed by atoms with Crippen LogP contribution in [0.1, 0.15) is 43.5 Å². The molecule has 2 aromatic carbocycles. The molecule has 8 heteroatoms. The molecule has 1 aliphatic rings. The second kappa shape index (κ2) is 11.3. The molecule has 1 fully saturated rings. The van der Waals surface area contributed by atoms with Crippen molar-refractivity contribution >= 4 is 17.4 Å². The maximum Gasteiger partial charge on any atom is 0.295 e. The Hall–Kier alpha value is -3.52. The van der Waals surface area contributed by atoms with Gasteiger partial charge in [-0.25, -0.2) is 0 Å². The topological polar surface area (TPSA) is 99.5 Å². The van der Waals surface area contributed by atoms with Crippen molar-refractivity contribution in [2.45, 2.75) is 33.7 Å². The van der Waals surface area contributed by atoms with Gasteiger partial charge < -0.3 is 29.5 Å². The number of aryl methyl sites for hydroxylation is 1. The lowest BCUT2D eigenvalue weighted by atomic mass is 9.94. The van der Waals surface area contributed by atoms with Gasteiger partial charge >= 0.3 is 0 Å². The molecule has 1 atom stereocenters. The zero-order valence-electron chi connectivity index (χ0n) is 21.0. The van der Waals surface area contributed by atoms with E-state index >= 15 is 0 Å². The smallest absolute Gasteiger partial charge is 0.295 e. The molecule has 1 unspecified atom stereocenters. The van der Waals surface area contributed by atoms with Gasteiger partial charge in [0.15, 0.2) is 11.5 Å². The number of hydrogen-bond donors (Lipinski definition) is 2. The Bertz CT molecular complexity index is 1120. The van der Waals surface area contributed by atoms with E-state index in [9.17, 15) is 19.8 Å². The average Bonchev–Trinajstić information content (AvgIpc) is 3.10. The van der Waals surface area contributed by atoms with Crippen LogP contribution in [0.15, 0.2) is 42.0 Å². The Balaban J connectivity index is 2.20. The van der Waals surface area contributed by atoms with Gasteiger partial charge in [0.05, 0.1) is 30.9 Å². The van der Waals surface area contributed by atoms with Crippen LogP contribution in [-0.4, -0.2) is 71.6 Å². The van der Waals surface area contributed by atoms with E-state index < -0.39 is 17.7 Å². The first kappa shape index (κ1) is 26.1. The number of benzene rings is 2. The van der Waals surface area contributed by atoms with Gasteiger partial charge in [0.1, 0.15) is 11.5 Å². The van der Waals surface area contributed by atoms with Crippen molar-refractivity contribution in [1.29, 1.82) is 0 Å². The number of carbonyl (C=O) groups is 2. The van der Waals surface area contributed by atoms with Gasteiger partial charge in [0.25, 0.3) is 11.7 Å². The van der Waals surface area contributed by atoms with E-state index in [2.05, 4.69) is 4.90 Å². The fraction of sp³-hybridized carbons (Fsp3) is 0.407. The number of aliphatic hydroxyl groups is 1. The summed E-state index contributed by atoms with van der Waals surface area (Å²) in [5, 5.41) is 21.6. The largest absolute Gasteiger partial charge is 0.507 e. The summed E-state index contributed by atoms with van der Waals surface area (Å²) in [5.41, 5.74) is 1.73. The number of nitrogens with zero attached hydrogens (tertiary/aromatic N) is 2. The third-order valence-corrected chi connectivity index (χ3v) is 6.30. The molecule has 188 valence electrons. The molecule has 0 radical (unpaired) electrons. The molecule has 3 rings (SSSR count). The van der Waals surface area contributed by atoms with Crippen LogP contribution in [-0.2, 0) is 9.59 Å². The highest BCUT2D eigenvalue weighted by atomic mass is 16.5. The van der Waals surface area contributed by atoms with Crippen LogP contribution in [0.5, 0.6) is 17.2 Å². The molecule has 35 heavy (non-hydrogen) atoms. The molecule has 1 saturated heterocycles. The summed E-state index contributed by atoms with van der Waals surface area (Å²) in [5.74, 6) is -1.15. The van der Waals surface area contributed by atoms with Crippen molar-refractivity contribution in [3.05, 3.63) is 58.7 Å². The second-order valence-corrected chi connectivity index (χ2v) is 8.38. The number of amides is 1. The quantitative estimate of drug-likeness (QED) is 0.301. The Morgan fingerprint density at radius 1 is 1.06 bits per heavy atom. The molecule has 0 aliphatic carbocycles. The number of likely N-dealkylation sites (tertiary alicyclic amines) is 1. The first-order valence-electron chi connectivity index (χ1n) is 11.9. The van der Waals surface area contributed by atoms with Gasteiger partial charge in [-0.15, -0.1) is 0 Å². The molecule has 0 spiro atoms. The predicted molar refractivity (Wildman–Crippen MR) is 134 cm³/mol. The van der Waals surface area contributed by atoms with Crippen LogP contribution < -0.4 is 9.47 Å². The molecule has 0 bridgehead atoms. The minimum atomic E-state index is -0.851. The number of phenols is 1. The van der Waals surface area contributed by atoms with Gasteiger partial charge in [-0.3, -0.25) is 9.59 Å². The third-order valence-electron chi connectivity index (χ3n) is 6.30. The Morgan fingerprint density at radius 2 is 1.77 bits per heavy atom. The Morgan fingerprint density at radius 3 is 2.40 bits per heavy atom. The van der Waals surface area contributed by atoms with Crippen LogP contribution in [0.2, 0.25) is 0 Å². The summed E-state index contributed by atoms with van der Waals surface area (Å²) in [7, 11) is 1.48. The number of hydrogen-bond acceptors (Lipinski definition) is 7. The van der Waals surface area contributed by atoms with E-state index in [1.165, 1.54) is 18.1 Å². The van der Waals surface area contributed by atoms with E-state index in [-0.39, 0.29) is 22.8 Å². The molecule has 0 aromatic heterocycles. The maximum absolute atomic E-state index is 13.3.